The molecule has 164 valence electrons. The number of anilines is 3. The molecule has 0 spiro atoms. The lowest BCUT2D eigenvalue weighted by atomic mass is 10.0. The molecule has 0 aliphatic carbocycles. The standard InChI is InChI=1S/C21H27N7O2S/c1-21(2)6-11-31(29,30)18-12-15-13-23-20(25-19(15)28(18)21)24-17-5-4-16(14-22-17)27-9-7-26(3)8-10-27/h4-5,12-14H,6-11H2,1-3H3,(H,22,23,24,25). The number of aromatic nitrogens is 4. The minimum atomic E-state index is -3.31. The molecule has 9 nitrogen and oxygen atoms in total. The average Bonchev–Trinajstić information content (AvgIpc) is 3.14. The third-order valence-corrected chi connectivity index (χ3v) is 7.95. The lowest BCUT2D eigenvalue weighted by molar-refractivity contribution is 0.313. The third-order valence-electron chi connectivity index (χ3n) is 6.27. The second-order valence-electron chi connectivity index (χ2n) is 8.99. The van der Waals surface area contributed by atoms with E-state index in [0.29, 0.717) is 28.9 Å². The molecule has 2 aliphatic rings. The zero-order valence-corrected chi connectivity index (χ0v) is 18.9. The van der Waals surface area contributed by atoms with Gasteiger partial charge >= 0.3 is 0 Å². The highest BCUT2D eigenvalue weighted by Gasteiger charge is 2.37. The van der Waals surface area contributed by atoms with Gasteiger partial charge in [0, 0.05) is 43.3 Å². The van der Waals surface area contributed by atoms with Crippen LogP contribution in [0.15, 0.2) is 35.6 Å². The van der Waals surface area contributed by atoms with Crippen molar-refractivity contribution in [2.24, 2.45) is 0 Å². The maximum Gasteiger partial charge on any atom is 0.230 e. The Labute approximate surface area is 182 Å². The number of piperazine rings is 1. The van der Waals surface area contributed by atoms with Gasteiger partial charge in [0.25, 0.3) is 0 Å². The molecule has 0 radical (unpaired) electrons. The molecule has 3 aromatic rings. The maximum atomic E-state index is 12.6. The van der Waals surface area contributed by atoms with Crippen LogP contribution in [0.5, 0.6) is 0 Å². The Balaban J connectivity index is 1.43. The summed E-state index contributed by atoms with van der Waals surface area (Å²) < 4.78 is 27.0. The predicted molar refractivity (Wildman–Crippen MR) is 121 cm³/mol. The number of fused-ring (bicyclic) bond motifs is 3. The Kier molecular flexibility index (Phi) is 4.67. The SMILES string of the molecule is CN1CCN(c2ccc(Nc3ncc4cc5n(c4n3)C(C)(C)CCS5(=O)=O)nc2)CC1. The van der Waals surface area contributed by atoms with E-state index in [1.165, 1.54) is 0 Å². The van der Waals surface area contributed by atoms with Gasteiger partial charge in [0.1, 0.15) is 16.5 Å². The summed E-state index contributed by atoms with van der Waals surface area (Å²) >= 11 is 0. The first-order valence-electron chi connectivity index (χ1n) is 10.5. The van der Waals surface area contributed by atoms with E-state index in [1.54, 1.807) is 12.3 Å². The Morgan fingerprint density at radius 1 is 1.06 bits per heavy atom. The van der Waals surface area contributed by atoms with Gasteiger partial charge in [-0.25, -0.2) is 18.4 Å². The van der Waals surface area contributed by atoms with Gasteiger partial charge in [-0.15, -0.1) is 0 Å². The van der Waals surface area contributed by atoms with Gasteiger partial charge in [-0.3, -0.25) is 0 Å². The Morgan fingerprint density at radius 2 is 1.84 bits per heavy atom. The molecular weight excluding hydrogens is 414 g/mol. The molecule has 0 atom stereocenters. The minimum absolute atomic E-state index is 0.151. The number of sulfone groups is 1. The van der Waals surface area contributed by atoms with Crippen LogP contribution < -0.4 is 10.2 Å². The van der Waals surface area contributed by atoms with Crippen LogP contribution in [0.3, 0.4) is 0 Å². The zero-order chi connectivity index (χ0) is 21.8. The smallest absolute Gasteiger partial charge is 0.230 e. The van der Waals surface area contributed by atoms with E-state index in [0.717, 1.165) is 37.3 Å². The van der Waals surface area contributed by atoms with Crippen LogP contribution in [-0.4, -0.2) is 71.8 Å². The fraction of sp³-hybridized carbons (Fsp3) is 0.476. The molecule has 1 saturated heterocycles. The summed E-state index contributed by atoms with van der Waals surface area (Å²) in [5.74, 6) is 1.19. The van der Waals surface area contributed by atoms with Crippen molar-refractivity contribution in [1.29, 1.82) is 0 Å². The molecule has 1 N–H and O–H groups in total. The molecule has 5 rings (SSSR count). The number of rotatable bonds is 3. The molecule has 0 aromatic carbocycles. The zero-order valence-electron chi connectivity index (χ0n) is 18.0. The highest BCUT2D eigenvalue weighted by atomic mass is 32.2. The lowest BCUT2D eigenvalue weighted by Gasteiger charge is -2.33. The van der Waals surface area contributed by atoms with Crippen LogP contribution in [0.4, 0.5) is 17.5 Å². The van der Waals surface area contributed by atoms with Crippen molar-refractivity contribution in [3.8, 4) is 0 Å². The van der Waals surface area contributed by atoms with Gasteiger partial charge in [-0.05, 0) is 45.5 Å². The first kappa shape index (κ1) is 20.2. The van der Waals surface area contributed by atoms with Gasteiger partial charge in [-0.1, -0.05) is 0 Å². The van der Waals surface area contributed by atoms with E-state index < -0.39 is 9.84 Å². The lowest BCUT2D eigenvalue weighted by Crippen LogP contribution is -2.44. The normalized spacial score (nSPS) is 20.5. The van der Waals surface area contributed by atoms with Gasteiger partial charge in [0.2, 0.25) is 5.95 Å². The first-order chi connectivity index (χ1) is 14.7. The third kappa shape index (κ3) is 3.63. The number of pyridine rings is 1. The number of nitrogens with zero attached hydrogens (tertiary/aromatic N) is 6. The van der Waals surface area contributed by atoms with Gasteiger partial charge in [-0.2, -0.15) is 4.98 Å². The summed E-state index contributed by atoms with van der Waals surface area (Å²) in [7, 11) is -1.17. The fourth-order valence-electron chi connectivity index (χ4n) is 4.27. The second-order valence-corrected chi connectivity index (χ2v) is 11.0. The first-order valence-corrected chi connectivity index (χ1v) is 12.2. The summed E-state index contributed by atoms with van der Waals surface area (Å²) in [5, 5.41) is 4.19. The van der Waals surface area contributed by atoms with E-state index in [9.17, 15) is 8.42 Å². The molecule has 0 unspecified atom stereocenters. The average molecular weight is 442 g/mol. The summed E-state index contributed by atoms with van der Waals surface area (Å²) in [5.41, 5.74) is 1.38. The Bertz CT molecular complexity index is 1230. The summed E-state index contributed by atoms with van der Waals surface area (Å²) in [4.78, 5) is 18.2. The molecular formula is C21H27N7O2S. The van der Waals surface area contributed by atoms with Crippen molar-refractivity contribution in [2.45, 2.75) is 30.8 Å². The molecule has 31 heavy (non-hydrogen) atoms. The van der Waals surface area contributed by atoms with Crippen LogP contribution in [0.2, 0.25) is 0 Å². The Hall–Kier alpha value is -2.72. The van der Waals surface area contributed by atoms with E-state index in [4.69, 9.17) is 0 Å². The molecule has 5 heterocycles. The van der Waals surface area contributed by atoms with Crippen molar-refractivity contribution in [3.05, 3.63) is 30.6 Å². The van der Waals surface area contributed by atoms with Crippen LogP contribution in [-0.2, 0) is 15.4 Å². The van der Waals surface area contributed by atoms with E-state index in [1.807, 2.05) is 36.7 Å². The summed E-state index contributed by atoms with van der Waals surface area (Å²) in [6.07, 6.45) is 4.08. The molecule has 0 saturated carbocycles. The molecule has 2 aliphatic heterocycles. The van der Waals surface area contributed by atoms with E-state index >= 15 is 0 Å². The topological polar surface area (TPSA) is 96.2 Å². The molecule has 10 heteroatoms. The number of hydrogen-bond acceptors (Lipinski definition) is 8. The predicted octanol–water partition coefficient (Wildman–Crippen LogP) is 2.23. The fourth-order valence-corrected chi connectivity index (χ4v) is 6.16. The van der Waals surface area contributed by atoms with Crippen molar-refractivity contribution in [2.75, 3.05) is 49.2 Å². The molecule has 1 fully saturated rings. The van der Waals surface area contributed by atoms with Gasteiger partial charge in [0.15, 0.2) is 9.84 Å². The maximum absolute atomic E-state index is 12.6. The number of nitrogens with one attached hydrogen (secondary N) is 1. The van der Waals surface area contributed by atoms with Gasteiger partial charge in [0.05, 0.1) is 17.6 Å². The molecule has 0 bridgehead atoms. The number of likely N-dealkylation sites (N-methyl/N-ethyl adjacent to an activating group) is 1. The highest BCUT2D eigenvalue weighted by molar-refractivity contribution is 7.91. The van der Waals surface area contributed by atoms with Crippen LogP contribution in [0, 0.1) is 0 Å². The van der Waals surface area contributed by atoms with Crippen LogP contribution in [0.25, 0.3) is 11.0 Å². The summed E-state index contributed by atoms with van der Waals surface area (Å²) in [6, 6.07) is 5.65. The molecule has 3 aromatic heterocycles. The largest absolute Gasteiger partial charge is 0.368 e. The van der Waals surface area contributed by atoms with Crippen LogP contribution in [0.1, 0.15) is 20.3 Å². The summed E-state index contributed by atoms with van der Waals surface area (Å²) in [6.45, 7) is 8.14. The van der Waals surface area contributed by atoms with Crippen molar-refractivity contribution in [3.63, 3.8) is 0 Å². The van der Waals surface area contributed by atoms with E-state index in [2.05, 4.69) is 37.1 Å². The monoisotopic (exact) mass is 441 g/mol. The minimum Gasteiger partial charge on any atom is -0.368 e. The van der Waals surface area contributed by atoms with Crippen molar-refractivity contribution < 1.29 is 8.42 Å². The van der Waals surface area contributed by atoms with E-state index in [-0.39, 0.29) is 11.3 Å². The Morgan fingerprint density at radius 3 is 2.55 bits per heavy atom. The van der Waals surface area contributed by atoms with Crippen molar-refractivity contribution in [1.82, 2.24) is 24.4 Å². The van der Waals surface area contributed by atoms with Crippen LogP contribution >= 0.6 is 0 Å². The highest BCUT2D eigenvalue weighted by Crippen LogP contribution is 2.37. The quantitative estimate of drug-likeness (QED) is 0.661. The number of hydrogen-bond donors (Lipinski definition) is 1. The second kappa shape index (κ2) is 7.16. The van der Waals surface area contributed by atoms with Gasteiger partial charge < -0.3 is 19.7 Å². The van der Waals surface area contributed by atoms with Crippen molar-refractivity contribution >= 4 is 38.3 Å². The molecule has 0 amide bonds.